The van der Waals surface area contributed by atoms with Crippen molar-refractivity contribution in [3.8, 4) is 55.6 Å². The van der Waals surface area contributed by atoms with E-state index < -0.39 is 0 Å². The fourth-order valence-corrected chi connectivity index (χ4v) is 19.8. The van der Waals surface area contributed by atoms with Gasteiger partial charge < -0.3 is 19.6 Å². The Morgan fingerprint density at radius 3 is 0.982 bits per heavy atom. The highest BCUT2D eigenvalue weighted by molar-refractivity contribution is 7.00. The average molecular weight is 1420 g/mol. The van der Waals surface area contributed by atoms with Crippen molar-refractivity contribution in [2.45, 2.75) is 13.8 Å². The summed E-state index contributed by atoms with van der Waals surface area (Å²) in [4.78, 5) is 10.5. The van der Waals surface area contributed by atoms with Crippen LogP contribution in [0.4, 0.5) is 56.9 Å². The van der Waals surface area contributed by atoms with Gasteiger partial charge >= 0.3 is 0 Å². The van der Waals surface area contributed by atoms with Gasteiger partial charge in [-0.05, 0) is 181 Å². The molecule has 0 aromatic heterocycles. The quantitative estimate of drug-likeness (QED) is 0.107. The summed E-state index contributed by atoms with van der Waals surface area (Å²) in [5, 5.41) is 0. The van der Waals surface area contributed by atoms with Gasteiger partial charge in [0.2, 0.25) is 0 Å². The third kappa shape index (κ3) is 10.4. The average Bonchev–Trinajstić information content (AvgIpc) is 0.685. The number of hydrogen-bond donors (Lipinski definition) is 0. The Kier molecular flexibility index (Phi) is 15.1. The van der Waals surface area contributed by atoms with Crippen molar-refractivity contribution < 1.29 is 0 Å². The highest BCUT2D eigenvalue weighted by Crippen LogP contribution is 2.59. The molecule has 0 amide bonds. The van der Waals surface area contributed by atoms with Crippen molar-refractivity contribution in [2.75, 3.05) is 19.6 Å². The first-order chi connectivity index (χ1) is 54.9. The van der Waals surface area contributed by atoms with E-state index in [0.717, 1.165) is 113 Å². The maximum absolute atomic E-state index is 2.70. The fourth-order valence-electron chi connectivity index (χ4n) is 19.8. The van der Waals surface area contributed by atoms with Crippen LogP contribution in [-0.2, 0) is 0 Å². The number of allylic oxidation sites excluding steroid dienone is 26. The molecule has 22 rings (SSSR count). The Morgan fingerprint density at radius 2 is 0.604 bits per heavy atom. The van der Waals surface area contributed by atoms with Crippen molar-refractivity contribution in [3.05, 3.63) is 462 Å². The maximum atomic E-state index is 2.70. The minimum Gasteiger partial charge on any atom is -0.310 e. The van der Waals surface area contributed by atoms with Crippen LogP contribution in [0.1, 0.15) is 13.8 Å². The second kappa shape index (κ2) is 26.0. The number of rotatable bonds is 13. The van der Waals surface area contributed by atoms with Gasteiger partial charge in [-0.15, -0.1) is 0 Å². The molecule has 8 aliphatic carbocycles. The van der Waals surface area contributed by atoms with Crippen LogP contribution in [0.3, 0.4) is 0 Å². The molecule has 0 saturated carbocycles. The molecular weight excluding hydrogens is 1340 g/mol. The summed E-state index contributed by atoms with van der Waals surface area (Å²) >= 11 is 0. The highest BCUT2D eigenvalue weighted by atomic mass is 15.2. The zero-order chi connectivity index (χ0) is 73.4. The largest absolute Gasteiger partial charge is 0.310 e. The van der Waals surface area contributed by atoms with Crippen LogP contribution in [0.25, 0.3) is 55.6 Å². The molecule has 522 valence electrons. The molecule has 4 unspecified atom stereocenters. The number of benzene rings is 12. The lowest BCUT2D eigenvalue weighted by molar-refractivity contribution is 0.555. The molecule has 0 spiro atoms. The molecule has 10 aliphatic rings. The van der Waals surface area contributed by atoms with E-state index in [2.05, 4.69) is 428 Å². The van der Waals surface area contributed by atoms with Gasteiger partial charge in [-0.2, -0.15) is 0 Å². The molecule has 0 saturated heterocycles. The van der Waals surface area contributed by atoms with Crippen molar-refractivity contribution in [1.82, 2.24) is 0 Å². The van der Waals surface area contributed by atoms with Crippen molar-refractivity contribution in [1.29, 1.82) is 0 Å². The van der Waals surface area contributed by atoms with E-state index in [1.807, 2.05) is 0 Å². The number of fused-ring (bicyclic) bond motifs is 4. The Balaban J connectivity index is 0.860. The zero-order valence-electron chi connectivity index (χ0n) is 61.7. The smallest absolute Gasteiger partial charge is 0.252 e. The molecule has 12 aromatic carbocycles. The topological polar surface area (TPSA) is 13.0 Å². The highest BCUT2D eigenvalue weighted by Gasteiger charge is 2.48. The van der Waals surface area contributed by atoms with Crippen LogP contribution in [0.2, 0.25) is 0 Å². The molecule has 12 aromatic rings. The van der Waals surface area contributed by atoms with Crippen LogP contribution >= 0.6 is 0 Å². The Labute approximate surface area is 650 Å². The summed E-state index contributed by atoms with van der Waals surface area (Å²) in [7, 11) is 0. The molecule has 4 nitrogen and oxygen atoms in total. The molecular formula is C106H75BN4. The van der Waals surface area contributed by atoms with Gasteiger partial charge in [0.15, 0.2) is 0 Å². The summed E-state index contributed by atoms with van der Waals surface area (Å²) in [6.45, 7) is 4.18. The second-order valence-electron chi connectivity index (χ2n) is 30.8. The third-order valence-electron chi connectivity index (χ3n) is 24.4. The van der Waals surface area contributed by atoms with Crippen LogP contribution < -0.4 is 36.0 Å². The summed E-state index contributed by atoms with van der Waals surface area (Å²) in [5.41, 5.74) is 41.6. The van der Waals surface area contributed by atoms with Gasteiger partial charge in [-0.3, -0.25) is 0 Å². The SMILES string of the molecule is CC1=CC2=CC=C3C(N(c4ccccc4)c4ccc5c(c4)N(c4c(-c6ccccc6)cccc4-c4ccccc4)c4cc(-c6ccccc6)cc6c4B5c4ccc(N(C5=CC=C7C=CC8=CC(C)=CC9=CC=C5C7C98)c5ccccc5)cc4N6c4c(-c5ccccc5)cccc4-c4ccccc4)=CC=C4C=CC(=C1)C2C43. The first-order valence-corrected chi connectivity index (χ1v) is 39.0. The Bertz CT molecular complexity index is 5910. The van der Waals surface area contributed by atoms with Gasteiger partial charge in [0.1, 0.15) is 0 Å². The van der Waals surface area contributed by atoms with E-state index in [1.165, 1.54) is 83.5 Å². The lowest BCUT2D eigenvalue weighted by Crippen LogP contribution is -2.61. The molecule has 111 heavy (non-hydrogen) atoms. The number of nitrogens with zero attached hydrogens (tertiary/aromatic N) is 4. The van der Waals surface area contributed by atoms with Crippen LogP contribution in [0.15, 0.2) is 462 Å². The molecule has 4 atom stereocenters. The lowest BCUT2D eigenvalue weighted by Gasteiger charge is -2.47. The van der Waals surface area contributed by atoms with Gasteiger partial charge in [-0.1, -0.05) is 333 Å². The lowest BCUT2D eigenvalue weighted by atomic mass is 9.33. The number of para-hydroxylation sites is 4. The third-order valence-corrected chi connectivity index (χ3v) is 24.4. The number of hydrogen-bond acceptors (Lipinski definition) is 4. The first-order valence-electron chi connectivity index (χ1n) is 39.0. The molecule has 0 bridgehead atoms. The van der Waals surface area contributed by atoms with Gasteiger partial charge in [0, 0.05) is 103 Å². The molecule has 2 aliphatic heterocycles. The van der Waals surface area contributed by atoms with E-state index in [9.17, 15) is 0 Å². The minimum atomic E-state index is -0.291. The minimum absolute atomic E-state index is 0.151. The van der Waals surface area contributed by atoms with E-state index in [1.54, 1.807) is 0 Å². The molecule has 2 heterocycles. The van der Waals surface area contributed by atoms with Crippen LogP contribution in [0, 0.1) is 23.7 Å². The predicted octanol–water partition coefficient (Wildman–Crippen LogP) is 25.1. The van der Waals surface area contributed by atoms with E-state index in [0.29, 0.717) is 0 Å². The van der Waals surface area contributed by atoms with Crippen LogP contribution in [-0.4, -0.2) is 6.71 Å². The first kappa shape index (κ1) is 64.4. The zero-order valence-corrected chi connectivity index (χ0v) is 61.7. The monoisotopic (exact) mass is 1410 g/mol. The number of anilines is 10. The Morgan fingerprint density at radius 1 is 0.261 bits per heavy atom. The normalized spacial score (nSPS) is 18.7. The van der Waals surface area contributed by atoms with Gasteiger partial charge in [0.25, 0.3) is 6.71 Å². The van der Waals surface area contributed by atoms with E-state index in [4.69, 9.17) is 0 Å². The van der Waals surface area contributed by atoms with Gasteiger partial charge in [-0.25, -0.2) is 0 Å². The van der Waals surface area contributed by atoms with Crippen LogP contribution in [0.5, 0.6) is 0 Å². The van der Waals surface area contributed by atoms with Crippen molar-refractivity contribution in [3.63, 3.8) is 0 Å². The standard InChI is InChI=1S/C106H75BN4/c1-68-60-77-46-44-75-50-58-94(90-54-48-79(62-68)100(77)102(75)90)108(82-36-20-8-21-37-82)84-52-56-92-96(66-84)110(105-86(71-28-12-4-13-29-71)40-24-41-87(105)72-30-14-5-15-31-72)98-64-81(70-26-10-3-11-27-70)65-99-104(98)107(92)93-57-53-85(67-97(93)111(99)106-88(73-32-16-6-17-33-73)42-25-43-89(106)74-34-18-7-19-35-74)109(83-38-22-9-23-39-83)95-59-51-76-45-47-78-61-69(2)63-80-49-55-91(95)103(76)101(78)80/h3-67,100-103H,1-2H3. The summed E-state index contributed by atoms with van der Waals surface area (Å²) in [6.07, 6.45) is 38.3. The fraction of sp³-hybridized carbons (Fsp3) is 0.0566. The molecule has 0 radical (unpaired) electrons. The molecule has 0 fully saturated rings. The summed E-state index contributed by atoms with van der Waals surface area (Å²) in [5.74, 6) is 0.752. The van der Waals surface area contributed by atoms with Crippen molar-refractivity contribution >= 4 is 80.0 Å². The van der Waals surface area contributed by atoms with Crippen molar-refractivity contribution in [2.24, 2.45) is 23.7 Å². The molecule has 0 N–H and O–H groups in total. The molecule has 5 heteroatoms. The van der Waals surface area contributed by atoms with Gasteiger partial charge in [0.05, 0.1) is 11.4 Å². The predicted molar refractivity (Wildman–Crippen MR) is 465 cm³/mol. The Hall–Kier alpha value is -13.7. The van der Waals surface area contributed by atoms with E-state index >= 15 is 0 Å². The second-order valence-corrected chi connectivity index (χ2v) is 30.8. The maximum Gasteiger partial charge on any atom is 0.252 e. The van der Waals surface area contributed by atoms with E-state index in [-0.39, 0.29) is 30.4 Å². The summed E-state index contributed by atoms with van der Waals surface area (Å²) < 4.78 is 0. The summed E-state index contributed by atoms with van der Waals surface area (Å²) in [6, 6.07) is 112.